The van der Waals surface area contributed by atoms with Gasteiger partial charge in [-0.1, -0.05) is 0 Å². The van der Waals surface area contributed by atoms with Crippen LogP contribution in [0.3, 0.4) is 0 Å². The van der Waals surface area contributed by atoms with Gasteiger partial charge in [0.25, 0.3) is 0 Å². The third-order valence-electron chi connectivity index (χ3n) is 3.84. The highest BCUT2D eigenvalue weighted by atomic mass is 16.5. The summed E-state index contributed by atoms with van der Waals surface area (Å²) in [5.41, 5.74) is 1.80. The standard InChI is InChI=1S/C16H21NO5/c1-17-9-13(18)10(5-6-16(19)22-4)11-7-14(20-2)15(21-3)8-12(11)17/h7-10,18H,5-6H2,1-4H3. The molecule has 0 saturated heterocycles. The summed E-state index contributed by atoms with van der Waals surface area (Å²) in [7, 11) is 6.34. The molecule has 1 N–H and O–H groups in total. The van der Waals surface area contributed by atoms with Gasteiger partial charge in [-0.3, -0.25) is 4.79 Å². The number of nitrogens with zero attached hydrogens (tertiary/aromatic N) is 1. The molecule has 0 bridgehead atoms. The van der Waals surface area contributed by atoms with E-state index >= 15 is 0 Å². The second-order valence-corrected chi connectivity index (χ2v) is 5.10. The maximum Gasteiger partial charge on any atom is 0.305 e. The molecule has 22 heavy (non-hydrogen) atoms. The molecule has 1 aliphatic heterocycles. The summed E-state index contributed by atoms with van der Waals surface area (Å²) in [5.74, 6) is 0.854. The van der Waals surface area contributed by atoms with Gasteiger partial charge in [0.15, 0.2) is 11.5 Å². The largest absolute Gasteiger partial charge is 0.510 e. The summed E-state index contributed by atoms with van der Waals surface area (Å²) in [4.78, 5) is 13.2. The predicted octanol–water partition coefficient (Wildman–Crippen LogP) is 2.59. The molecule has 0 aromatic heterocycles. The number of carbonyl (C=O) groups excluding carboxylic acids is 1. The van der Waals surface area contributed by atoms with E-state index in [-0.39, 0.29) is 24.1 Å². The number of anilines is 1. The van der Waals surface area contributed by atoms with E-state index in [9.17, 15) is 9.90 Å². The van der Waals surface area contributed by atoms with Crippen molar-refractivity contribution in [2.45, 2.75) is 18.8 Å². The van der Waals surface area contributed by atoms with E-state index in [0.717, 1.165) is 11.3 Å². The van der Waals surface area contributed by atoms with Crippen LogP contribution in [-0.2, 0) is 9.53 Å². The highest BCUT2D eigenvalue weighted by molar-refractivity contribution is 5.70. The number of hydrogen-bond donors (Lipinski definition) is 1. The molecule has 0 saturated carbocycles. The zero-order valence-electron chi connectivity index (χ0n) is 13.3. The third kappa shape index (κ3) is 2.95. The number of hydrogen-bond acceptors (Lipinski definition) is 6. The number of allylic oxidation sites excluding steroid dienone is 1. The number of fused-ring (bicyclic) bond motifs is 1. The fourth-order valence-corrected chi connectivity index (χ4v) is 2.65. The van der Waals surface area contributed by atoms with Crippen LogP contribution in [0.25, 0.3) is 0 Å². The van der Waals surface area contributed by atoms with Crippen molar-refractivity contribution in [3.8, 4) is 11.5 Å². The Balaban J connectivity index is 2.41. The van der Waals surface area contributed by atoms with Gasteiger partial charge in [0.1, 0.15) is 5.76 Å². The van der Waals surface area contributed by atoms with Crippen molar-refractivity contribution in [1.82, 2.24) is 0 Å². The van der Waals surface area contributed by atoms with Crippen LogP contribution >= 0.6 is 0 Å². The molecule has 6 nitrogen and oxygen atoms in total. The number of aliphatic hydroxyl groups excluding tert-OH is 1. The van der Waals surface area contributed by atoms with E-state index < -0.39 is 0 Å². The van der Waals surface area contributed by atoms with E-state index in [1.807, 2.05) is 24.1 Å². The Morgan fingerprint density at radius 2 is 1.86 bits per heavy atom. The maximum atomic E-state index is 11.4. The lowest BCUT2D eigenvalue weighted by atomic mass is 9.88. The van der Waals surface area contributed by atoms with Crippen molar-refractivity contribution < 1.29 is 24.1 Å². The molecule has 120 valence electrons. The second-order valence-electron chi connectivity index (χ2n) is 5.10. The first-order valence-electron chi connectivity index (χ1n) is 6.98. The number of aliphatic hydroxyl groups is 1. The first-order chi connectivity index (χ1) is 10.5. The molecule has 1 unspecified atom stereocenters. The number of ether oxygens (including phenoxy) is 3. The Morgan fingerprint density at radius 3 is 2.45 bits per heavy atom. The van der Waals surface area contributed by atoms with Crippen molar-refractivity contribution in [2.24, 2.45) is 0 Å². The molecule has 0 amide bonds. The molecule has 1 atom stereocenters. The number of esters is 1. The Kier molecular flexibility index (Phi) is 4.80. The summed E-state index contributed by atoms with van der Waals surface area (Å²) in [6.45, 7) is 0. The fraction of sp³-hybridized carbons (Fsp3) is 0.438. The molecule has 0 aliphatic carbocycles. The summed E-state index contributed by atoms with van der Waals surface area (Å²) in [5, 5.41) is 10.3. The highest BCUT2D eigenvalue weighted by Crippen LogP contribution is 2.44. The fourth-order valence-electron chi connectivity index (χ4n) is 2.65. The Morgan fingerprint density at radius 1 is 1.23 bits per heavy atom. The Labute approximate surface area is 129 Å². The van der Waals surface area contributed by atoms with E-state index in [2.05, 4.69) is 4.74 Å². The molecular formula is C16H21NO5. The van der Waals surface area contributed by atoms with Crippen molar-refractivity contribution in [3.63, 3.8) is 0 Å². The topological polar surface area (TPSA) is 68.2 Å². The van der Waals surface area contributed by atoms with E-state index in [4.69, 9.17) is 9.47 Å². The lowest BCUT2D eigenvalue weighted by molar-refractivity contribution is -0.140. The summed E-state index contributed by atoms with van der Waals surface area (Å²) >= 11 is 0. The molecule has 0 radical (unpaired) electrons. The first kappa shape index (κ1) is 16.0. The Hall–Kier alpha value is -2.37. The molecule has 6 heteroatoms. The predicted molar refractivity (Wildman–Crippen MR) is 82.7 cm³/mol. The average Bonchev–Trinajstić information content (AvgIpc) is 2.52. The SMILES string of the molecule is COC(=O)CCC1C(O)=CN(C)c2cc(OC)c(OC)cc21. The smallest absolute Gasteiger partial charge is 0.305 e. The molecule has 2 rings (SSSR count). The molecule has 1 aliphatic rings. The van der Waals surface area contributed by atoms with Crippen molar-refractivity contribution >= 4 is 11.7 Å². The normalized spacial score (nSPS) is 16.6. The number of carbonyl (C=O) groups is 1. The van der Waals surface area contributed by atoms with Crippen LogP contribution < -0.4 is 14.4 Å². The van der Waals surface area contributed by atoms with Gasteiger partial charge in [-0.15, -0.1) is 0 Å². The Bertz CT molecular complexity index is 596. The van der Waals surface area contributed by atoms with Gasteiger partial charge in [0.2, 0.25) is 0 Å². The molecule has 1 aromatic rings. The molecular weight excluding hydrogens is 286 g/mol. The van der Waals surface area contributed by atoms with Crippen LogP contribution in [0.5, 0.6) is 11.5 Å². The second kappa shape index (κ2) is 6.60. The van der Waals surface area contributed by atoms with Crippen LogP contribution in [0.2, 0.25) is 0 Å². The molecule has 0 spiro atoms. The zero-order valence-corrected chi connectivity index (χ0v) is 13.3. The van der Waals surface area contributed by atoms with Gasteiger partial charge in [-0.25, -0.2) is 0 Å². The highest BCUT2D eigenvalue weighted by Gasteiger charge is 2.28. The average molecular weight is 307 g/mol. The van der Waals surface area contributed by atoms with Gasteiger partial charge in [-0.2, -0.15) is 0 Å². The minimum absolute atomic E-state index is 0.214. The van der Waals surface area contributed by atoms with Crippen LogP contribution in [0.4, 0.5) is 5.69 Å². The summed E-state index contributed by atoms with van der Waals surface area (Å²) < 4.78 is 15.3. The third-order valence-corrected chi connectivity index (χ3v) is 3.84. The summed E-state index contributed by atoms with van der Waals surface area (Å²) in [6, 6.07) is 3.71. The quantitative estimate of drug-likeness (QED) is 0.843. The van der Waals surface area contributed by atoms with Crippen LogP contribution in [0, 0.1) is 0 Å². The van der Waals surface area contributed by atoms with E-state index in [1.165, 1.54) is 7.11 Å². The monoisotopic (exact) mass is 307 g/mol. The van der Waals surface area contributed by atoms with Gasteiger partial charge >= 0.3 is 5.97 Å². The molecule has 1 heterocycles. The molecule has 1 aromatic carbocycles. The first-order valence-corrected chi connectivity index (χ1v) is 6.98. The van der Waals surface area contributed by atoms with Gasteiger partial charge in [0.05, 0.1) is 21.3 Å². The van der Waals surface area contributed by atoms with Crippen molar-refractivity contribution in [3.05, 3.63) is 29.7 Å². The minimum atomic E-state index is -0.297. The maximum absolute atomic E-state index is 11.4. The van der Waals surface area contributed by atoms with E-state index in [0.29, 0.717) is 17.9 Å². The number of methoxy groups -OCH3 is 3. The number of rotatable bonds is 5. The van der Waals surface area contributed by atoms with Gasteiger partial charge in [-0.05, 0) is 18.1 Å². The summed E-state index contributed by atoms with van der Waals surface area (Å²) in [6.07, 6.45) is 2.35. The lowest BCUT2D eigenvalue weighted by Gasteiger charge is -2.30. The number of benzene rings is 1. The van der Waals surface area contributed by atoms with Crippen molar-refractivity contribution in [2.75, 3.05) is 33.3 Å². The lowest BCUT2D eigenvalue weighted by Crippen LogP contribution is -2.21. The van der Waals surface area contributed by atoms with E-state index in [1.54, 1.807) is 20.4 Å². The van der Waals surface area contributed by atoms with Crippen molar-refractivity contribution in [1.29, 1.82) is 0 Å². The molecule has 0 fully saturated rings. The van der Waals surface area contributed by atoms with Crippen LogP contribution in [0.1, 0.15) is 24.3 Å². The zero-order chi connectivity index (χ0) is 16.3. The van der Waals surface area contributed by atoms with Crippen LogP contribution in [0.15, 0.2) is 24.1 Å². The van der Waals surface area contributed by atoms with Gasteiger partial charge in [0, 0.05) is 37.3 Å². The van der Waals surface area contributed by atoms with Gasteiger partial charge < -0.3 is 24.2 Å². The van der Waals surface area contributed by atoms with Crippen LogP contribution in [-0.4, -0.2) is 39.5 Å². The minimum Gasteiger partial charge on any atom is -0.510 e.